The number of rotatable bonds is 4. The van der Waals surface area contributed by atoms with Gasteiger partial charge in [0.05, 0.1) is 24.0 Å². The fourth-order valence-electron chi connectivity index (χ4n) is 3.81. The Labute approximate surface area is 190 Å². The molecule has 2 aliphatic rings. The molecule has 2 aliphatic heterocycles. The van der Waals surface area contributed by atoms with Gasteiger partial charge < -0.3 is 19.7 Å². The molecule has 0 spiro atoms. The lowest BCUT2D eigenvalue weighted by atomic mass is 9.97. The Morgan fingerprint density at radius 2 is 1.84 bits per heavy atom. The zero-order valence-corrected chi connectivity index (χ0v) is 20.0. The molecule has 0 aliphatic carbocycles. The standard InChI is InChI=1S/C22H33N3O6S/c1-16-7-8-18(14-19(16)32(28,29)25-10-12-30-13-11-25)23-20(26)17-6-5-9-24(15-17)21(27)31-22(2,3)4/h7-8,14,17H,5-6,9-13,15H2,1-4H3,(H,23,26). The third kappa shape index (κ3) is 5.99. The summed E-state index contributed by atoms with van der Waals surface area (Å²) in [6.45, 7) is 9.31. The lowest BCUT2D eigenvalue weighted by Gasteiger charge is -2.33. The van der Waals surface area contributed by atoms with Crippen LogP contribution in [-0.4, -0.2) is 74.6 Å². The molecule has 2 fully saturated rings. The van der Waals surface area contributed by atoms with E-state index in [1.54, 1.807) is 44.7 Å². The van der Waals surface area contributed by atoms with E-state index in [-0.39, 0.29) is 17.3 Å². The first-order valence-corrected chi connectivity index (χ1v) is 12.4. The van der Waals surface area contributed by atoms with Gasteiger partial charge in [0, 0.05) is 31.9 Å². The first-order valence-electron chi connectivity index (χ1n) is 10.9. The van der Waals surface area contributed by atoms with E-state index in [0.29, 0.717) is 56.9 Å². The van der Waals surface area contributed by atoms with E-state index in [0.717, 1.165) is 0 Å². The number of carbonyl (C=O) groups excluding carboxylic acids is 2. The molecule has 1 aromatic carbocycles. The highest BCUT2D eigenvalue weighted by atomic mass is 32.2. The largest absolute Gasteiger partial charge is 0.444 e. The molecule has 0 radical (unpaired) electrons. The summed E-state index contributed by atoms with van der Waals surface area (Å²) in [4.78, 5) is 27.0. The number of aryl methyl sites for hydroxylation is 1. The van der Waals surface area contributed by atoms with Crippen LogP contribution in [0.3, 0.4) is 0 Å². The van der Waals surface area contributed by atoms with Crippen LogP contribution in [0.5, 0.6) is 0 Å². The van der Waals surface area contributed by atoms with Crippen LogP contribution >= 0.6 is 0 Å². The van der Waals surface area contributed by atoms with Crippen LogP contribution in [0.15, 0.2) is 23.1 Å². The van der Waals surface area contributed by atoms with E-state index in [1.165, 1.54) is 10.4 Å². The van der Waals surface area contributed by atoms with Crippen molar-refractivity contribution in [3.05, 3.63) is 23.8 Å². The van der Waals surface area contributed by atoms with E-state index in [2.05, 4.69) is 5.32 Å². The van der Waals surface area contributed by atoms with Crippen molar-refractivity contribution >= 4 is 27.7 Å². The molecular weight excluding hydrogens is 434 g/mol. The first kappa shape index (κ1) is 24.5. The normalized spacial score (nSPS) is 20.6. The van der Waals surface area contributed by atoms with Gasteiger partial charge in [-0.05, 0) is 58.2 Å². The van der Waals surface area contributed by atoms with Crippen molar-refractivity contribution in [3.63, 3.8) is 0 Å². The number of morpholine rings is 1. The molecule has 9 nitrogen and oxygen atoms in total. The van der Waals surface area contributed by atoms with Gasteiger partial charge in [-0.15, -0.1) is 0 Å². The van der Waals surface area contributed by atoms with Crippen molar-refractivity contribution in [2.24, 2.45) is 5.92 Å². The first-order chi connectivity index (χ1) is 15.0. The van der Waals surface area contributed by atoms with Gasteiger partial charge in [0.15, 0.2) is 0 Å². The number of benzene rings is 1. The SMILES string of the molecule is Cc1ccc(NC(=O)C2CCCN(C(=O)OC(C)(C)C)C2)cc1S(=O)(=O)N1CCOCC1. The van der Waals surface area contributed by atoms with E-state index < -0.39 is 27.6 Å². The zero-order chi connectivity index (χ0) is 23.5. The van der Waals surface area contributed by atoms with Crippen LogP contribution in [-0.2, 0) is 24.3 Å². The van der Waals surface area contributed by atoms with Crippen LogP contribution in [0.1, 0.15) is 39.2 Å². The third-order valence-corrected chi connectivity index (χ3v) is 7.53. The van der Waals surface area contributed by atoms with Gasteiger partial charge >= 0.3 is 6.09 Å². The van der Waals surface area contributed by atoms with Gasteiger partial charge in [-0.3, -0.25) is 4.79 Å². The molecule has 0 aromatic heterocycles. The van der Waals surface area contributed by atoms with E-state index in [4.69, 9.17) is 9.47 Å². The third-order valence-electron chi connectivity index (χ3n) is 5.49. The van der Waals surface area contributed by atoms with Crippen LogP contribution in [0.2, 0.25) is 0 Å². The number of carbonyl (C=O) groups is 2. The van der Waals surface area contributed by atoms with Gasteiger partial charge in [-0.25, -0.2) is 13.2 Å². The summed E-state index contributed by atoms with van der Waals surface area (Å²) in [5.74, 6) is -0.631. The number of hydrogen-bond donors (Lipinski definition) is 1. The van der Waals surface area contributed by atoms with Crippen LogP contribution in [0, 0.1) is 12.8 Å². The number of nitrogens with one attached hydrogen (secondary N) is 1. The maximum Gasteiger partial charge on any atom is 0.410 e. The number of anilines is 1. The molecule has 2 amide bonds. The molecule has 2 saturated heterocycles. The lowest BCUT2D eigenvalue weighted by Crippen LogP contribution is -2.45. The molecule has 0 saturated carbocycles. The molecule has 0 bridgehead atoms. The summed E-state index contributed by atoms with van der Waals surface area (Å²) in [6, 6.07) is 4.89. The van der Waals surface area contributed by atoms with Gasteiger partial charge in [0.25, 0.3) is 0 Å². The topological polar surface area (TPSA) is 105 Å². The summed E-state index contributed by atoms with van der Waals surface area (Å²) in [5.41, 5.74) is 0.432. The van der Waals surface area contributed by atoms with E-state index >= 15 is 0 Å². The fraction of sp³-hybridized carbons (Fsp3) is 0.636. The molecule has 3 rings (SSSR count). The van der Waals surface area contributed by atoms with Crippen LogP contribution in [0.25, 0.3) is 0 Å². The maximum absolute atomic E-state index is 13.1. The van der Waals surface area contributed by atoms with Gasteiger partial charge in [0.1, 0.15) is 5.60 Å². The summed E-state index contributed by atoms with van der Waals surface area (Å²) >= 11 is 0. The average Bonchev–Trinajstić information content (AvgIpc) is 2.74. The minimum absolute atomic E-state index is 0.177. The molecule has 1 aromatic rings. The maximum atomic E-state index is 13.1. The molecule has 10 heteroatoms. The van der Waals surface area contributed by atoms with Crippen LogP contribution < -0.4 is 5.32 Å². The number of likely N-dealkylation sites (tertiary alicyclic amines) is 1. The number of ether oxygens (including phenoxy) is 2. The summed E-state index contributed by atoms with van der Waals surface area (Å²) in [6.07, 6.45) is 0.918. The molecule has 2 heterocycles. The van der Waals surface area contributed by atoms with E-state index in [1.807, 2.05) is 0 Å². The highest BCUT2D eigenvalue weighted by Gasteiger charge is 2.32. The Balaban J connectivity index is 1.70. The predicted molar refractivity (Wildman–Crippen MR) is 120 cm³/mol. The summed E-state index contributed by atoms with van der Waals surface area (Å²) in [5, 5.41) is 2.84. The number of nitrogens with zero attached hydrogens (tertiary/aromatic N) is 2. The number of piperidine rings is 1. The van der Waals surface area contributed by atoms with Crippen molar-refractivity contribution in [2.45, 2.75) is 51.0 Å². The molecule has 32 heavy (non-hydrogen) atoms. The van der Waals surface area contributed by atoms with Crippen molar-refractivity contribution < 1.29 is 27.5 Å². The Kier molecular flexibility index (Phi) is 7.46. The zero-order valence-electron chi connectivity index (χ0n) is 19.2. The van der Waals surface area contributed by atoms with E-state index in [9.17, 15) is 18.0 Å². The molecule has 178 valence electrons. The second-order valence-electron chi connectivity index (χ2n) is 9.25. The molecule has 1 unspecified atom stereocenters. The average molecular weight is 468 g/mol. The van der Waals surface area contributed by atoms with Crippen molar-refractivity contribution in [1.82, 2.24) is 9.21 Å². The highest BCUT2D eigenvalue weighted by molar-refractivity contribution is 7.89. The van der Waals surface area contributed by atoms with Gasteiger partial charge in [0.2, 0.25) is 15.9 Å². The Morgan fingerprint density at radius 3 is 2.50 bits per heavy atom. The highest BCUT2D eigenvalue weighted by Crippen LogP contribution is 2.26. The Morgan fingerprint density at radius 1 is 1.16 bits per heavy atom. The minimum Gasteiger partial charge on any atom is -0.444 e. The lowest BCUT2D eigenvalue weighted by molar-refractivity contribution is -0.121. The van der Waals surface area contributed by atoms with Gasteiger partial charge in [-0.1, -0.05) is 6.07 Å². The molecular formula is C22H33N3O6S. The Hall–Kier alpha value is -2.17. The molecule has 1 atom stereocenters. The van der Waals surface area contributed by atoms with Crippen molar-refractivity contribution in [2.75, 3.05) is 44.7 Å². The molecule has 1 N–H and O–H groups in total. The number of sulfonamides is 1. The predicted octanol–water partition coefficient (Wildman–Crippen LogP) is 2.60. The van der Waals surface area contributed by atoms with Crippen LogP contribution in [0.4, 0.5) is 10.5 Å². The van der Waals surface area contributed by atoms with Gasteiger partial charge in [-0.2, -0.15) is 4.31 Å². The fourth-order valence-corrected chi connectivity index (χ4v) is 5.47. The minimum atomic E-state index is -3.68. The summed E-state index contributed by atoms with van der Waals surface area (Å²) in [7, 11) is -3.68. The monoisotopic (exact) mass is 467 g/mol. The second kappa shape index (κ2) is 9.76. The second-order valence-corrected chi connectivity index (χ2v) is 11.2. The summed E-state index contributed by atoms with van der Waals surface area (Å²) < 4.78 is 38.2. The number of amides is 2. The number of hydrogen-bond acceptors (Lipinski definition) is 6. The quantitative estimate of drug-likeness (QED) is 0.730. The Bertz CT molecular complexity index is 951. The van der Waals surface area contributed by atoms with Crippen molar-refractivity contribution in [1.29, 1.82) is 0 Å². The smallest absolute Gasteiger partial charge is 0.410 e. The van der Waals surface area contributed by atoms with Crippen molar-refractivity contribution in [3.8, 4) is 0 Å².